The van der Waals surface area contributed by atoms with Gasteiger partial charge in [-0.05, 0) is 18.1 Å². The molecule has 0 aliphatic heterocycles. The minimum absolute atomic E-state index is 0.167. The van der Waals surface area contributed by atoms with Gasteiger partial charge in [0.25, 0.3) is 0 Å². The Kier molecular flexibility index (Phi) is 3.65. The van der Waals surface area contributed by atoms with E-state index in [0.29, 0.717) is 17.9 Å². The molecule has 1 aromatic rings. The normalized spacial score (nSPS) is 9.62. The van der Waals surface area contributed by atoms with Crippen molar-refractivity contribution in [3.8, 4) is 0 Å². The molecule has 0 saturated heterocycles. The fourth-order valence-corrected chi connectivity index (χ4v) is 1.26. The van der Waals surface area contributed by atoms with Crippen LogP contribution in [0.4, 0.5) is 0 Å². The summed E-state index contributed by atoms with van der Waals surface area (Å²) < 4.78 is 0. The third-order valence-electron chi connectivity index (χ3n) is 1.76. The van der Waals surface area contributed by atoms with E-state index in [4.69, 9.17) is 17.0 Å². The van der Waals surface area contributed by atoms with Crippen LogP contribution in [0.25, 0.3) is 0 Å². The summed E-state index contributed by atoms with van der Waals surface area (Å²) in [4.78, 5) is 10.8. The van der Waals surface area contributed by atoms with Gasteiger partial charge in [-0.15, -0.1) is 0 Å². The van der Waals surface area contributed by atoms with Crippen LogP contribution in [0.5, 0.6) is 0 Å². The van der Waals surface area contributed by atoms with Gasteiger partial charge in [-0.25, -0.2) is 0 Å². The molecule has 0 saturated carbocycles. The Morgan fingerprint density at radius 2 is 2.15 bits per heavy atom. The molecule has 0 heterocycles. The van der Waals surface area contributed by atoms with Gasteiger partial charge in [-0.1, -0.05) is 29.8 Å². The van der Waals surface area contributed by atoms with Crippen LogP contribution in [0.2, 0.25) is 5.02 Å². The maximum absolute atomic E-state index is 10.8. The van der Waals surface area contributed by atoms with Crippen molar-refractivity contribution in [1.82, 2.24) is 0 Å². The Morgan fingerprint density at radius 3 is 2.77 bits per heavy atom. The SMILES string of the molecule is N=CC(=O)CCc1ccccc1Cl. The van der Waals surface area contributed by atoms with Gasteiger partial charge >= 0.3 is 0 Å². The van der Waals surface area contributed by atoms with Crippen molar-refractivity contribution < 1.29 is 4.79 Å². The average molecular weight is 196 g/mol. The van der Waals surface area contributed by atoms with Crippen LogP contribution in [0.1, 0.15) is 12.0 Å². The van der Waals surface area contributed by atoms with Gasteiger partial charge in [0.05, 0.1) is 6.21 Å². The number of carbonyl (C=O) groups is 1. The van der Waals surface area contributed by atoms with Gasteiger partial charge in [0, 0.05) is 11.4 Å². The van der Waals surface area contributed by atoms with Crippen molar-refractivity contribution in [3.05, 3.63) is 34.9 Å². The Morgan fingerprint density at radius 1 is 1.46 bits per heavy atom. The summed E-state index contributed by atoms with van der Waals surface area (Å²) in [6.07, 6.45) is 1.80. The van der Waals surface area contributed by atoms with Crippen molar-refractivity contribution in [1.29, 1.82) is 5.41 Å². The molecule has 0 aliphatic carbocycles. The van der Waals surface area contributed by atoms with Crippen LogP contribution in [0.15, 0.2) is 24.3 Å². The summed E-state index contributed by atoms with van der Waals surface area (Å²) in [6.45, 7) is 0. The molecule has 0 aromatic heterocycles. The topological polar surface area (TPSA) is 40.9 Å². The number of aryl methyl sites for hydroxylation is 1. The lowest BCUT2D eigenvalue weighted by molar-refractivity contribution is -0.112. The van der Waals surface area contributed by atoms with Crippen molar-refractivity contribution in [2.24, 2.45) is 0 Å². The number of nitrogens with one attached hydrogen (secondary N) is 1. The highest BCUT2D eigenvalue weighted by atomic mass is 35.5. The smallest absolute Gasteiger partial charge is 0.173 e. The van der Waals surface area contributed by atoms with Gasteiger partial charge < -0.3 is 5.41 Å². The molecule has 1 N–H and O–H groups in total. The third kappa shape index (κ3) is 2.99. The molecule has 0 aliphatic rings. The zero-order valence-corrected chi connectivity index (χ0v) is 7.84. The van der Waals surface area contributed by atoms with Crippen LogP contribution in [0, 0.1) is 5.41 Å². The molecular formula is C10H10ClNO. The van der Waals surface area contributed by atoms with Crippen molar-refractivity contribution in [2.45, 2.75) is 12.8 Å². The highest BCUT2D eigenvalue weighted by molar-refractivity contribution is 6.31. The first kappa shape index (κ1) is 9.93. The van der Waals surface area contributed by atoms with Crippen molar-refractivity contribution in [2.75, 3.05) is 0 Å². The molecule has 0 bridgehead atoms. The molecule has 1 aromatic carbocycles. The quantitative estimate of drug-likeness (QED) is 0.737. The largest absolute Gasteiger partial charge is 0.305 e. The third-order valence-corrected chi connectivity index (χ3v) is 2.13. The van der Waals surface area contributed by atoms with E-state index in [-0.39, 0.29) is 5.78 Å². The van der Waals surface area contributed by atoms with E-state index >= 15 is 0 Å². The first-order valence-corrected chi connectivity index (χ1v) is 4.38. The second kappa shape index (κ2) is 4.77. The van der Waals surface area contributed by atoms with Crippen LogP contribution >= 0.6 is 11.6 Å². The summed E-state index contributed by atoms with van der Waals surface area (Å²) in [5, 5.41) is 7.40. The minimum atomic E-state index is -0.167. The molecule has 0 spiro atoms. The van der Waals surface area contributed by atoms with Crippen LogP contribution in [-0.2, 0) is 11.2 Å². The Balaban J connectivity index is 2.59. The fraction of sp³-hybridized carbons (Fsp3) is 0.200. The van der Waals surface area contributed by atoms with Gasteiger partial charge in [0.2, 0.25) is 0 Å². The standard InChI is InChI=1S/C10H10ClNO/c11-10-4-2-1-3-8(10)5-6-9(13)7-12/h1-4,7,12H,5-6H2. The fourth-order valence-electron chi connectivity index (χ4n) is 1.03. The molecule has 0 unspecified atom stereocenters. The second-order valence-corrected chi connectivity index (χ2v) is 3.11. The van der Waals surface area contributed by atoms with Crippen molar-refractivity contribution >= 4 is 23.6 Å². The Bertz CT molecular complexity index is 322. The number of benzene rings is 1. The van der Waals surface area contributed by atoms with Gasteiger partial charge in [-0.2, -0.15) is 0 Å². The van der Waals surface area contributed by atoms with Crippen LogP contribution < -0.4 is 0 Å². The molecule has 0 atom stereocenters. The van der Waals surface area contributed by atoms with Gasteiger partial charge in [0.1, 0.15) is 0 Å². The zero-order chi connectivity index (χ0) is 9.68. The first-order valence-electron chi connectivity index (χ1n) is 4.00. The van der Waals surface area contributed by atoms with E-state index in [1.807, 2.05) is 18.2 Å². The molecule has 68 valence electrons. The summed E-state index contributed by atoms with van der Waals surface area (Å²) in [7, 11) is 0. The number of rotatable bonds is 4. The van der Waals surface area contributed by atoms with Crippen molar-refractivity contribution in [3.63, 3.8) is 0 Å². The molecule has 2 nitrogen and oxygen atoms in total. The van der Waals surface area contributed by atoms with E-state index in [2.05, 4.69) is 0 Å². The lowest BCUT2D eigenvalue weighted by Crippen LogP contribution is -2.00. The number of Topliss-reactive ketones (excluding diaryl/α,β-unsaturated/α-hetero) is 1. The van der Waals surface area contributed by atoms with E-state index < -0.39 is 0 Å². The molecule has 0 amide bonds. The number of ketones is 1. The summed E-state index contributed by atoms with van der Waals surface area (Å²) in [5.41, 5.74) is 0.958. The van der Waals surface area contributed by atoms with E-state index in [9.17, 15) is 4.79 Å². The predicted octanol–water partition coefficient (Wildman–Crippen LogP) is 2.49. The van der Waals surface area contributed by atoms with Crippen LogP contribution in [0.3, 0.4) is 0 Å². The minimum Gasteiger partial charge on any atom is -0.305 e. The summed E-state index contributed by atoms with van der Waals surface area (Å²) in [5.74, 6) is -0.167. The van der Waals surface area contributed by atoms with E-state index in [0.717, 1.165) is 11.8 Å². The second-order valence-electron chi connectivity index (χ2n) is 2.70. The van der Waals surface area contributed by atoms with E-state index in [1.165, 1.54) is 0 Å². The van der Waals surface area contributed by atoms with E-state index in [1.54, 1.807) is 6.07 Å². The number of hydrogen-bond acceptors (Lipinski definition) is 2. The summed E-state index contributed by atoms with van der Waals surface area (Å²) >= 11 is 5.88. The molecule has 1 rings (SSSR count). The first-order chi connectivity index (χ1) is 6.24. The molecule has 3 heteroatoms. The van der Waals surface area contributed by atoms with Gasteiger partial charge in [0.15, 0.2) is 5.78 Å². The molecule has 13 heavy (non-hydrogen) atoms. The highest BCUT2D eigenvalue weighted by Gasteiger charge is 2.01. The number of carbonyl (C=O) groups excluding carboxylic acids is 1. The molecule has 0 radical (unpaired) electrons. The monoisotopic (exact) mass is 195 g/mol. The Labute approximate surface area is 82.0 Å². The highest BCUT2D eigenvalue weighted by Crippen LogP contribution is 2.16. The summed E-state index contributed by atoms with van der Waals surface area (Å²) in [6, 6.07) is 7.42. The van der Waals surface area contributed by atoms with Gasteiger partial charge in [-0.3, -0.25) is 4.79 Å². The van der Waals surface area contributed by atoms with Crippen LogP contribution in [-0.4, -0.2) is 12.0 Å². The number of halogens is 1. The zero-order valence-electron chi connectivity index (χ0n) is 7.09. The molecule has 0 fully saturated rings. The predicted molar refractivity (Wildman–Crippen MR) is 53.6 cm³/mol. The average Bonchev–Trinajstić information content (AvgIpc) is 2.16. The maximum atomic E-state index is 10.8. The maximum Gasteiger partial charge on any atom is 0.173 e. The Hall–Kier alpha value is -1.15. The lowest BCUT2D eigenvalue weighted by Gasteiger charge is -2.00. The molecular weight excluding hydrogens is 186 g/mol. The number of hydrogen-bond donors (Lipinski definition) is 1. The lowest BCUT2D eigenvalue weighted by atomic mass is 10.1.